The Labute approximate surface area is 89.3 Å². The van der Waals surface area contributed by atoms with Crippen molar-refractivity contribution < 1.29 is 45.3 Å². The van der Waals surface area contributed by atoms with Crippen LogP contribution in [0, 0.1) is 11.3 Å². The molecule has 0 spiro atoms. The second-order valence-corrected chi connectivity index (χ2v) is 1.31. The molecule has 0 N–H and O–H groups in total. The fourth-order valence-electron chi connectivity index (χ4n) is 0.202. The summed E-state index contributed by atoms with van der Waals surface area (Å²) in [6.07, 6.45) is 0. The molecule has 0 unspecified atom stereocenters. The Morgan fingerprint density at radius 3 is 1.55 bits per heavy atom. The van der Waals surface area contributed by atoms with E-state index in [-0.39, 0.29) is 31.0 Å². The van der Waals surface area contributed by atoms with Gasteiger partial charge in [0, 0.05) is 20.8 Å². The minimum Gasteiger partial charge on any atom is -1.00 e. The summed E-state index contributed by atoms with van der Waals surface area (Å²) in [7, 11) is 0. The van der Waals surface area contributed by atoms with Gasteiger partial charge in [0.2, 0.25) is 0 Å². The van der Waals surface area contributed by atoms with Gasteiger partial charge in [0.1, 0.15) is 0 Å². The number of hydrogen-bond donors (Lipinski definition) is 0. The number of carbonyl (C=O) groups excluding carboxylic acids is 2. The van der Waals surface area contributed by atoms with Crippen molar-refractivity contribution in [3.8, 4) is 6.07 Å². The number of carbonyl (C=O) groups is 2. The van der Waals surface area contributed by atoms with Gasteiger partial charge in [-0.2, -0.15) is 5.26 Å². The van der Waals surface area contributed by atoms with Crippen LogP contribution in [0.3, 0.4) is 0 Å². The molecular weight excluding hydrogens is 157 g/mol. The molecule has 5 heteroatoms. The van der Waals surface area contributed by atoms with E-state index in [2.05, 4.69) is 4.74 Å². The smallest absolute Gasteiger partial charge is 1.00 e. The Bertz CT molecular complexity index is 155. The fraction of sp³-hybridized carbons (Fsp3) is 0.500. The first-order chi connectivity index (χ1) is 4.54. The first kappa shape index (κ1) is 16.9. The van der Waals surface area contributed by atoms with Gasteiger partial charge in [-0.3, -0.25) is 9.59 Å². The summed E-state index contributed by atoms with van der Waals surface area (Å²) < 4.78 is 3.97. The molecule has 0 heterocycles. The van der Waals surface area contributed by atoms with Crippen LogP contribution in [0.2, 0.25) is 0 Å². The average molecular weight is 167 g/mol. The van der Waals surface area contributed by atoms with Gasteiger partial charge >= 0.3 is 41.5 Å². The van der Waals surface area contributed by atoms with Gasteiger partial charge < -0.3 is 6.16 Å². The zero-order chi connectivity index (χ0) is 8.57. The van der Waals surface area contributed by atoms with Crippen LogP contribution in [0.4, 0.5) is 0 Å². The van der Waals surface area contributed by atoms with Crippen LogP contribution in [0.25, 0.3) is 0 Å². The number of nitrogens with zero attached hydrogens (tertiary/aromatic N) is 1. The molecule has 0 fully saturated rings. The van der Waals surface area contributed by atoms with E-state index >= 15 is 0 Å². The second-order valence-electron chi connectivity index (χ2n) is 1.31. The van der Waals surface area contributed by atoms with Crippen molar-refractivity contribution in [1.29, 1.82) is 5.26 Å². The van der Waals surface area contributed by atoms with E-state index in [4.69, 9.17) is 5.26 Å². The van der Waals surface area contributed by atoms with E-state index in [1.54, 1.807) is 6.07 Å². The van der Waals surface area contributed by atoms with Crippen LogP contribution >= 0.6 is 0 Å². The topological polar surface area (TPSA) is 67.2 Å². The molecule has 4 nitrogen and oxygen atoms in total. The van der Waals surface area contributed by atoms with Gasteiger partial charge in [-0.15, -0.1) is 0 Å². The molecule has 58 valence electrons. The van der Waals surface area contributed by atoms with E-state index in [0.717, 1.165) is 0 Å². The van der Waals surface area contributed by atoms with E-state index < -0.39 is 11.9 Å². The van der Waals surface area contributed by atoms with Crippen molar-refractivity contribution in [3.05, 3.63) is 0 Å². The molecule has 11 heavy (non-hydrogen) atoms. The minimum absolute atomic E-state index is 0. The third-order valence-corrected chi connectivity index (χ3v) is 0.287. The SMILES string of the molecule is CC#N.CC(=O)OC(C)=O.[H-].[Na+]. The zero-order valence-electron chi connectivity index (χ0n) is 8.17. The van der Waals surface area contributed by atoms with Gasteiger partial charge in [-0.25, -0.2) is 0 Å². The first-order valence-corrected chi connectivity index (χ1v) is 2.54. The van der Waals surface area contributed by atoms with Crippen molar-refractivity contribution in [2.45, 2.75) is 20.8 Å². The Balaban J connectivity index is -0.0000000569. The molecule has 0 radical (unpaired) electrons. The van der Waals surface area contributed by atoms with Crippen molar-refractivity contribution in [3.63, 3.8) is 0 Å². The molecule has 0 saturated carbocycles. The molecule has 0 rings (SSSR count). The maximum atomic E-state index is 9.81. The van der Waals surface area contributed by atoms with Crippen molar-refractivity contribution in [1.82, 2.24) is 0 Å². The van der Waals surface area contributed by atoms with Crippen LogP contribution in [0.5, 0.6) is 0 Å². The largest absolute Gasteiger partial charge is 1.00 e. The quantitative estimate of drug-likeness (QED) is 0.232. The van der Waals surface area contributed by atoms with Crippen LogP contribution < -0.4 is 29.6 Å². The molecule has 0 bridgehead atoms. The van der Waals surface area contributed by atoms with Crippen molar-refractivity contribution in [2.75, 3.05) is 0 Å². The van der Waals surface area contributed by atoms with E-state index in [1.807, 2.05) is 0 Å². The Morgan fingerprint density at radius 1 is 1.36 bits per heavy atom. The molecule has 0 aliphatic heterocycles. The molecule has 0 aliphatic rings. The molecule has 0 aromatic rings. The maximum absolute atomic E-state index is 9.81. The molecule has 0 amide bonds. The van der Waals surface area contributed by atoms with Crippen LogP contribution in [-0.2, 0) is 14.3 Å². The van der Waals surface area contributed by atoms with Crippen LogP contribution in [0.15, 0.2) is 0 Å². The van der Waals surface area contributed by atoms with Crippen molar-refractivity contribution >= 4 is 11.9 Å². The summed E-state index contributed by atoms with van der Waals surface area (Å²) in [5, 5.41) is 7.32. The van der Waals surface area contributed by atoms with E-state index in [9.17, 15) is 9.59 Å². The molecular formula is C6H10NNaO3. The number of esters is 2. The summed E-state index contributed by atoms with van der Waals surface area (Å²) in [6.45, 7) is 3.79. The van der Waals surface area contributed by atoms with Crippen LogP contribution in [-0.4, -0.2) is 11.9 Å². The summed E-state index contributed by atoms with van der Waals surface area (Å²) >= 11 is 0. The predicted molar refractivity (Wildman–Crippen MR) is 34.8 cm³/mol. The molecule has 0 aromatic carbocycles. The van der Waals surface area contributed by atoms with Gasteiger partial charge in [0.15, 0.2) is 0 Å². The minimum atomic E-state index is -0.562. The number of ether oxygens (including phenoxy) is 1. The third-order valence-electron chi connectivity index (χ3n) is 0.287. The second kappa shape index (κ2) is 12.3. The van der Waals surface area contributed by atoms with Crippen molar-refractivity contribution in [2.24, 2.45) is 0 Å². The fourth-order valence-corrected chi connectivity index (χ4v) is 0.202. The average Bonchev–Trinajstić information content (AvgIpc) is 1.62. The maximum Gasteiger partial charge on any atom is 1.00 e. The Morgan fingerprint density at radius 2 is 1.55 bits per heavy atom. The van der Waals surface area contributed by atoms with Gasteiger partial charge in [0.25, 0.3) is 0 Å². The monoisotopic (exact) mass is 167 g/mol. The first-order valence-electron chi connectivity index (χ1n) is 2.54. The van der Waals surface area contributed by atoms with Gasteiger partial charge in [0.05, 0.1) is 6.07 Å². The summed E-state index contributed by atoms with van der Waals surface area (Å²) in [5.41, 5.74) is 0. The van der Waals surface area contributed by atoms with E-state index in [1.165, 1.54) is 20.8 Å². The predicted octanol–water partition coefficient (Wildman–Crippen LogP) is -2.26. The normalized spacial score (nSPS) is 5.64. The zero-order valence-corrected chi connectivity index (χ0v) is 9.17. The van der Waals surface area contributed by atoms with E-state index in [0.29, 0.717) is 0 Å². The Kier molecular flexibility index (Phi) is 19.0. The molecule has 0 aliphatic carbocycles. The summed E-state index contributed by atoms with van der Waals surface area (Å²) in [4.78, 5) is 19.6. The summed E-state index contributed by atoms with van der Waals surface area (Å²) in [6, 6.07) is 1.75. The molecule has 0 aromatic heterocycles. The molecule has 0 atom stereocenters. The van der Waals surface area contributed by atoms with Gasteiger partial charge in [-0.1, -0.05) is 0 Å². The Hall–Kier alpha value is -0.370. The summed E-state index contributed by atoms with van der Waals surface area (Å²) in [5.74, 6) is -1.12. The van der Waals surface area contributed by atoms with Crippen LogP contribution in [0.1, 0.15) is 22.2 Å². The number of hydrogen-bond acceptors (Lipinski definition) is 4. The van der Waals surface area contributed by atoms with Gasteiger partial charge in [-0.05, 0) is 0 Å². The number of rotatable bonds is 0. The number of nitriles is 1. The standard InChI is InChI=1S/C4H6O3.C2H3N.Na.H/c1-3(5)7-4(2)6;1-2-3;;/h1-2H3;1H3;;/q;;+1;-1. The molecule has 0 saturated heterocycles. The third kappa shape index (κ3) is 42.5.